The molecule has 0 aromatic carbocycles. The fraction of sp³-hybridized carbons (Fsp3) is 0.316. The van der Waals surface area contributed by atoms with Gasteiger partial charge in [-0.05, 0) is 50.4 Å². The SMILES string of the molecule is Cn1c(C(=O)O[C@@H](C(=O)NC(C)(C)C)c2ccncc2)cc2sccc21. The fourth-order valence-corrected chi connectivity index (χ4v) is 3.51. The highest BCUT2D eigenvalue weighted by Gasteiger charge is 2.29. The van der Waals surface area contributed by atoms with Gasteiger partial charge in [-0.2, -0.15) is 0 Å². The van der Waals surface area contributed by atoms with E-state index in [0.29, 0.717) is 11.3 Å². The van der Waals surface area contributed by atoms with Gasteiger partial charge in [0, 0.05) is 30.5 Å². The number of ether oxygens (including phenoxy) is 1. The van der Waals surface area contributed by atoms with E-state index in [1.165, 1.54) is 0 Å². The quantitative estimate of drug-likeness (QED) is 0.713. The number of aryl methyl sites for hydroxylation is 1. The van der Waals surface area contributed by atoms with Crippen molar-refractivity contribution in [2.24, 2.45) is 7.05 Å². The van der Waals surface area contributed by atoms with Crippen molar-refractivity contribution in [3.05, 3.63) is 53.3 Å². The van der Waals surface area contributed by atoms with Crippen LogP contribution >= 0.6 is 11.3 Å². The Bertz CT molecular complexity index is 938. The first-order valence-electron chi connectivity index (χ1n) is 8.22. The predicted octanol–water partition coefficient (Wildman–Crippen LogP) is 3.45. The van der Waals surface area contributed by atoms with Crippen LogP contribution in [0.25, 0.3) is 10.2 Å². The van der Waals surface area contributed by atoms with Crippen LogP contribution in [0.15, 0.2) is 42.0 Å². The number of thiophene rings is 1. The zero-order chi connectivity index (χ0) is 18.9. The number of carbonyl (C=O) groups excluding carboxylic acids is 2. The van der Waals surface area contributed by atoms with Gasteiger partial charge in [-0.15, -0.1) is 11.3 Å². The highest BCUT2D eigenvalue weighted by Crippen LogP contribution is 2.26. The zero-order valence-electron chi connectivity index (χ0n) is 15.1. The maximum Gasteiger partial charge on any atom is 0.356 e. The number of amides is 1. The molecular weight excluding hydrogens is 350 g/mol. The van der Waals surface area contributed by atoms with E-state index in [2.05, 4.69) is 10.3 Å². The van der Waals surface area contributed by atoms with E-state index in [9.17, 15) is 9.59 Å². The molecule has 3 rings (SSSR count). The first kappa shape index (κ1) is 18.1. The third kappa shape index (κ3) is 3.77. The Morgan fingerprint density at radius 2 is 1.92 bits per heavy atom. The largest absolute Gasteiger partial charge is 0.443 e. The molecule has 6 nitrogen and oxygen atoms in total. The Kier molecular flexibility index (Phi) is 4.82. The number of nitrogens with one attached hydrogen (secondary N) is 1. The number of carbonyl (C=O) groups is 2. The molecule has 1 atom stereocenters. The molecule has 26 heavy (non-hydrogen) atoms. The molecule has 1 amide bonds. The molecule has 0 saturated heterocycles. The molecule has 7 heteroatoms. The van der Waals surface area contributed by atoms with Gasteiger partial charge >= 0.3 is 5.97 Å². The first-order valence-corrected chi connectivity index (χ1v) is 9.10. The molecular formula is C19H21N3O3S. The molecule has 0 radical (unpaired) electrons. The number of fused-ring (bicyclic) bond motifs is 1. The number of nitrogens with zero attached hydrogens (tertiary/aromatic N) is 2. The van der Waals surface area contributed by atoms with Gasteiger partial charge in [-0.1, -0.05) is 0 Å². The number of pyridine rings is 1. The number of rotatable bonds is 4. The molecule has 1 N–H and O–H groups in total. The van der Waals surface area contributed by atoms with Gasteiger partial charge in [0.05, 0.1) is 10.2 Å². The van der Waals surface area contributed by atoms with E-state index >= 15 is 0 Å². The first-order chi connectivity index (χ1) is 12.3. The summed E-state index contributed by atoms with van der Waals surface area (Å²) < 4.78 is 8.39. The maximum atomic E-state index is 12.8. The molecule has 0 saturated carbocycles. The molecule has 0 aliphatic rings. The van der Waals surface area contributed by atoms with E-state index < -0.39 is 17.6 Å². The molecule has 0 aliphatic carbocycles. The summed E-state index contributed by atoms with van der Waals surface area (Å²) in [7, 11) is 1.81. The summed E-state index contributed by atoms with van der Waals surface area (Å²) in [6.45, 7) is 5.63. The van der Waals surface area contributed by atoms with Crippen molar-refractivity contribution in [1.29, 1.82) is 0 Å². The Balaban J connectivity index is 1.89. The Morgan fingerprint density at radius 1 is 1.23 bits per heavy atom. The number of aromatic nitrogens is 2. The molecule has 3 aromatic rings. The van der Waals surface area contributed by atoms with Crippen LogP contribution in [0.2, 0.25) is 0 Å². The minimum absolute atomic E-state index is 0.368. The van der Waals surface area contributed by atoms with Gasteiger partial charge in [-0.25, -0.2) is 4.79 Å². The van der Waals surface area contributed by atoms with Gasteiger partial charge < -0.3 is 14.6 Å². The Hall–Kier alpha value is -2.67. The Labute approximate surface area is 155 Å². The maximum absolute atomic E-state index is 12.8. The van der Waals surface area contributed by atoms with Gasteiger partial charge in [0.2, 0.25) is 6.10 Å². The van der Waals surface area contributed by atoms with E-state index in [4.69, 9.17) is 4.74 Å². The highest BCUT2D eigenvalue weighted by molar-refractivity contribution is 7.17. The van der Waals surface area contributed by atoms with Crippen LogP contribution in [0.4, 0.5) is 0 Å². The van der Waals surface area contributed by atoms with Crippen molar-refractivity contribution >= 4 is 33.4 Å². The lowest BCUT2D eigenvalue weighted by Gasteiger charge is -2.25. The van der Waals surface area contributed by atoms with Crippen molar-refractivity contribution in [2.45, 2.75) is 32.4 Å². The van der Waals surface area contributed by atoms with Crippen molar-refractivity contribution in [3.63, 3.8) is 0 Å². The standard InChI is InChI=1S/C19H21N3O3S/c1-19(2,3)21-17(23)16(12-5-8-20-9-6-12)25-18(24)14-11-15-13(22(14)4)7-10-26-15/h5-11,16H,1-4H3,(H,21,23)/t16-/m1/s1. The lowest BCUT2D eigenvalue weighted by molar-refractivity contribution is -0.131. The second-order valence-corrected chi connectivity index (χ2v) is 8.01. The van der Waals surface area contributed by atoms with E-state index in [0.717, 1.165) is 10.2 Å². The van der Waals surface area contributed by atoms with Gasteiger partial charge in [0.15, 0.2) is 0 Å². The Morgan fingerprint density at radius 3 is 2.54 bits per heavy atom. The third-order valence-electron chi connectivity index (χ3n) is 3.84. The van der Waals surface area contributed by atoms with Crippen molar-refractivity contribution in [1.82, 2.24) is 14.9 Å². The van der Waals surface area contributed by atoms with Crippen LogP contribution in [0.5, 0.6) is 0 Å². The van der Waals surface area contributed by atoms with Gasteiger partial charge in [-0.3, -0.25) is 9.78 Å². The van der Waals surface area contributed by atoms with Crippen molar-refractivity contribution in [2.75, 3.05) is 0 Å². The summed E-state index contributed by atoms with van der Waals surface area (Å²) in [5, 5.41) is 4.84. The van der Waals surface area contributed by atoms with Gasteiger partial charge in [0.1, 0.15) is 5.69 Å². The van der Waals surface area contributed by atoms with Crippen LogP contribution in [0, 0.1) is 0 Å². The topological polar surface area (TPSA) is 73.2 Å². The molecule has 0 aliphatic heterocycles. The number of esters is 1. The van der Waals surface area contributed by atoms with Crippen LogP contribution in [-0.4, -0.2) is 27.0 Å². The minimum atomic E-state index is -1.04. The highest BCUT2D eigenvalue weighted by atomic mass is 32.1. The predicted molar refractivity (Wildman–Crippen MR) is 101 cm³/mol. The molecule has 0 unspecified atom stereocenters. The van der Waals surface area contributed by atoms with Crippen LogP contribution in [0.1, 0.15) is 42.9 Å². The monoisotopic (exact) mass is 371 g/mol. The van der Waals surface area contributed by atoms with Crippen molar-refractivity contribution in [3.8, 4) is 0 Å². The fourth-order valence-electron chi connectivity index (χ4n) is 2.66. The summed E-state index contributed by atoms with van der Waals surface area (Å²) in [5.41, 5.74) is 1.50. The lowest BCUT2D eigenvalue weighted by Crippen LogP contribution is -2.44. The zero-order valence-corrected chi connectivity index (χ0v) is 16.0. The third-order valence-corrected chi connectivity index (χ3v) is 4.70. The summed E-state index contributed by atoms with van der Waals surface area (Å²) in [4.78, 5) is 29.4. The number of hydrogen-bond donors (Lipinski definition) is 1. The second-order valence-electron chi connectivity index (χ2n) is 7.06. The molecule has 3 aromatic heterocycles. The minimum Gasteiger partial charge on any atom is -0.443 e. The summed E-state index contributed by atoms with van der Waals surface area (Å²) >= 11 is 1.55. The average Bonchev–Trinajstić information content (AvgIpc) is 3.15. The summed E-state index contributed by atoms with van der Waals surface area (Å²) in [5.74, 6) is -0.908. The average molecular weight is 371 g/mol. The van der Waals surface area contributed by atoms with Crippen LogP contribution in [-0.2, 0) is 16.6 Å². The van der Waals surface area contributed by atoms with Crippen LogP contribution < -0.4 is 5.32 Å². The normalized spacial score (nSPS) is 12.8. The van der Waals surface area contributed by atoms with Crippen molar-refractivity contribution < 1.29 is 14.3 Å². The second kappa shape index (κ2) is 6.92. The van der Waals surface area contributed by atoms with E-state index in [1.54, 1.807) is 46.5 Å². The molecule has 0 fully saturated rings. The smallest absolute Gasteiger partial charge is 0.356 e. The molecule has 3 heterocycles. The van der Waals surface area contributed by atoms with Gasteiger partial charge in [0.25, 0.3) is 5.91 Å². The van der Waals surface area contributed by atoms with Crippen LogP contribution in [0.3, 0.4) is 0 Å². The lowest BCUT2D eigenvalue weighted by atomic mass is 10.1. The van der Waals surface area contributed by atoms with E-state index in [-0.39, 0.29) is 5.91 Å². The molecule has 0 bridgehead atoms. The molecule has 136 valence electrons. The van der Waals surface area contributed by atoms with E-state index in [1.807, 2.05) is 39.3 Å². The number of hydrogen-bond acceptors (Lipinski definition) is 5. The summed E-state index contributed by atoms with van der Waals surface area (Å²) in [6.07, 6.45) is 2.09. The molecule has 0 spiro atoms. The summed E-state index contributed by atoms with van der Waals surface area (Å²) in [6, 6.07) is 7.07.